The van der Waals surface area contributed by atoms with Gasteiger partial charge in [-0.05, 0) is 101 Å². The Morgan fingerprint density at radius 2 is 1.02 bits per heavy atom. The Morgan fingerprint density at radius 3 is 1.77 bits per heavy atom. The zero-order valence-electron chi connectivity index (χ0n) is 24.2. The number of hydrogen-bond acceptors (Lipinski definition) is 1. The van der Waals surface area contributed by atoms with E-state index in [1.54, 1.807) is 0 Å². The quantitative estimate of drug-likeness (QED) is 0.202. The van der Waals surface area contributed by atoms with Gasteiger partial charge in [-0.15, -0.1) is 0 Å². The molecule has 0 saturated heterocycles. The Bertz CT molecular complexity index is 2250. The molecule has 0 aliphatic heterocycles. The first kappa shape index (κ1) is 25.3. The van der Waals surface area contributed by atoms with Gasteiger partial charge in [-0.25, -0.2) is 0 Å². The number of benzene rings is 7. The number of fused-ring (bicyclic) bond motifs is 5. The summed E-state index contributed by atoms with van der Waals surface area (Å²) in [7, 11) is 0. The average molecular weight is 548 g/mol. The monoisotopic (exact) mass is 547 g/mol. The Hall–Kier alpha value is -5.45. The van der Waals surface area contributed by atoms with E-state index >= 15 is 0 Å². The van der Waals surface area contributed by atoms with Crippen LogP contribution in [0.15, 0.2) is 140 Å². The molecule has 0 unspecified atom stereocenters. The summed E-state index contributed by atoms with van der Waals surface area (Å²) < 4.78 is 0. The van der Waals surface area contributed by atoms with E-state index in [0.29, 0.717) is 5.56 Å². The third-order valence-electron chi connectivity index (χ3n) is 9.31. The minimum Gasteiger partial charge on any atom is -0.192 e. The van der Waals surface area contributed by atoms with Crippen LogP contribution in [-0.4, -0.2) is 0 Å². The van der Waals surface area contributed by atoms with Gasteiger partial charge in [0.15, 0.2) is 0 Å². The van der Waals surface area contributed by atoms with E-state index in [1.807, 2.05) is 12.1 Å². The smallest absolute Gasteiger partial charge is 0.0991 e. The molecular formula is C42H29N. The van der Waals surface area contributed by atoms with Gasteiger partial charge in [0.25, 0.3) is 0 Å². The van der Waals surface area contributed by atoms with Crippen molar-refractivity contribution in [2.24, 2.45) is 0 Å². The van der Waals surface area contributed by atoms with Crippen LogP contribution in [0.3, 0.4) is 0 Å². The van der Waals surface area contributed by atoms with Crippen LogP contribution in [0.5, 0.6) is 0 Å². The fraction of sp³-hybridized carbons (Fsp3) is 0.0714. The molecule has 7 aromatic rings. The van der Waals surface area contributed by atoms with E-state index < -0.39 is 0 Å². The summed E-state index contributed by atoms with van der Waals surface area (Å²) in [4.78, 5) is 0. The van der Waals surface area contributed by atoms with Crippen molar-refractivity contribution in [2.45, 2.75) is 19.3 Å². The number of hydrogen-bond donors (Lipinski definition) is 0. The fourth-order valence-corrected chi connectivity index (χ4v) is 7.18. The molecule has 0 atom stereocenters. The van der Waals surface area contributed by atoms with Gasteiger partial charge in [0.2, 0.25) is 0 Å². The SMILES string of the molecule is CC1(C)c2ccccc2-c2ccc(-c3c4ccccc4c(-c4ccc(C#N)cc4)c4ccc(-c5ccccc5)cc34)cc21. The van der Waals surface area contributed by atoms with Crippen LogP contribution < -0.4 is 0 Å². The highest BCUT2D eigenvalue weighted by atomic mass is 14.4. The number of rotatable bonds is 3. The molecule has 0 N–H and O–H groups in total. The maximum atomic E-state index is 9.45. The molecule has 1 heteroatoms. The normalized spacial score (nSPS) is 13.0. The van der Waals surface area contributed by atoms with Crippen molar-refractivity contribution in [3.05, 3.63) is 156 Å². The van der Waals surface area contributed by atoms with E-state index in [-0.39, 0.29) is 5.41 Å². The predicted octanol–water partition coefficient (Wildman–Crippen LogP) is 11.2. The molecule has 8 rings (SSSR count). The third-order valence-corrected chi connectivity index (χ3v) is 9.31. The number of nitrogens with zero attached hydrogens (tertiary/aromatic N) is 1. The van der Waals surface area contributed by atoms with Gasteiger partial charge in [-0.1, -0.05) is 129 Å². The first-order valence-corrected chi connectivity index (χ1v) is 14.8. The van der Waals surface area contributed by atoms with Gasteiger partial charge >= 0.3 is 0 Å². The summed E-state index contributed by atoms with van der Waals surface area (Å²) in [6.07, 6.45) is 0. The summed E-state index contributed by atoms with van der Waals surface area (Å²) >= 11 is 0. The topological polar surface area (TPSA) is 23.8 Å². The van der Waals surface area contributed by atoms with Crippen LogP contribution >= 0.6 is 0 Å². The molecule has 0 bridgehead atoms. The molecule has 0 heterocycles. The first-order chi connectivity index (χ1) is 21.0. The summed E-state index contributed by atoms with van der Waals surface area (Å²) in [5.41, 5.74) is 13.2. The molecule has 0 aromatic heterocycles. The Kier molecular flexibility index (Phi) is 5.61. The standard InChI is InChI=1S/C42H29N/c1-42(2)38-15-9-8-12-32(38)33-22-21-31(25-39(33)42)41-35-14-7-6-13-34(35)40(29-18-16-27(26-43)17-19-29)36-23-20-30(24-37(36)41)28-10-4-3-5-11-28/h3-25H,1-2H3. The molecule has 0 fully saturated rings. The summed E-state index contributed by atoms with van der Waals surface area (Å²) in [5.74, 6) is 0. The second-order valence-electron chi connectivity index (χ2n) is 12.0. The van der Waals surface area contributed by atoms with Gasteiger partial charge in [0.05, 0.1) is 11.6 Å². The molecule has 0 radical (unpaired) electrons. The second kappa shape index (κ2) is 9.55. The fourth-order valence-electron chi connectivity index (χ4n) is 7.18. The van der Waals surface area contributed by atoms with Crippen LogP contribution in [-0.2, 0) is 5.41 Å². The molecule has 202 valence electrons. The zero-order chi connectivity index (χ0) is 29.1. The maximum absolute atomic E-state index is 9.45. The van der Waals surface area contributed by atoms with E-state index in [0.717, 1.165) is 5.56 Å². The van der Waals surface area contributed by atoms with Crippen molar-refractivity contribution in [3.63, 3.8) is 0 Å². The van der Waals surface area contributed by atoms with Gasteiger partial charge in [0, 0.05) is 5.41 Å². The minimum atomic E-state index is -0.0782. The van der Waals surface area contributed by atoms with Gasteiger partial charge < -0.3 is 0 Å². The van der Waals surface area contributed by atoms with Crippen molar-refractivity contribution in [1.82, 2.24) is 0 Å². The molecule has 1 aliphatic carbocycles. The average Bonchev–Trinajstić information content (AvgIpc) is 3.29. The first-order valence-electron chi connectivity index (χ1n) is 14.8. The van der Waals surface area contributed by atoms with E-state index in [4.69, 9.17) is 0 Å². The van der Waals surface area contributed by atoms with E-state index in [2.05, 4.69) is 147 Å². The Balaban J connectivity index is 1.47. The predicted molar refractivity (Wildman–Crippen MR) is 180 cm³/mol. The molecule has 0 spiro atoms. The van der Waals surface area contributed by atoms with Gasteiger partial charge in [-0.3, -0.25) is 0 Å². The lowest BCUT2D eigenvalue weighted by Gasteiger charge is -2.23. The third kappa shape index (κ3) is 3.84. The molecule has 1 nitrogen and oxygen atoms in total. The summed E-state index contributed by atoms with van der Waals surface area (Å²) in [6.45, 7) is 4.69. The number of nitriles is 1. The Labute approximate surface area is 252 Å². The van der Waals surface area contributed by atoms with Crippen LogP contribution in [0, 0.1) is 11.3 Å². The molecule has 0 saturated carbocycles. The highest BCUT2D eigenvalue weighted by molar-refractivity contribution is 6.22. The molecule has 0 amide bonds. The summed E-state index contributed by atoms with van der Waals surface area (Å²) in [5, 5.41) is 14.3. The van der Waals surface area contributed by atoms with Crippen LogP contribution in [0.25, 0.3) is 66.1 Å². The molecular weight excluding hydrogens is 518 g/mol. The van der Waals surface area contributed by atoms with E-state index in [1.165, 1.54) is 71.6 Å². The van der Waals surface area contributed by atoms with Crippen molar-refractivity contribution in [1.29, 1.82) is 5.26 Å². The maximum Gasteiger partial charge on any atom is 0.0991 e. The van der Waals surface area contributed by atoms with Crippen molar-refractivity contribution in [3.8, 4) is 50.6 Å². The lowest BCUT2D eigenvalue weighted by atomic mass is 9.80. The van der Waals surface area contributed by atoms with Crippen molar-refractivity contribution in [2.75, 3.05) is 0 Å². The van der Waals surface area contributed by atoms with E-state index in [9.17, 15) is 5.26 Å². The van der Waals surface area contributed by atoms with Crippen LogP contribution in [0.1, 0.15) is 30.5 Å². The van der Waals surface area contributed by atoms with Crippen molar-refractivity contribution < 1.29 is 0 Å². The molecule has 43 heavy (non-hydrogen) atoms. The van der Waals surface area contributed by atoms with Crippen LogP contribution in [0.2, 0.25) is 0 Å². The van der Waals surface area contributed by atoms with Crippen molar-refractivity contribution >= 4 is 21.5 Å². The summed E-state index contributed by atoms with van der Waals surface area (Å²) in [6, 6.07) is 52.5. The lowest BCUT2D eigenvalue weighted by Crippen LogP contribution is -2.14. The largest absolute Gasteiger partial charge is 0.192 e. The van der Waals surface area contributed by atoms with Gasteiger partial charge in [0.1, 0.15) is 0 Å². The van der Waals surface area contributed by atoms with Crippen LogP contribution in [0.4, 0.5) is 0 Å². The zero-order valence-corrected chi connectivity index (χ0v) is 24.2. The highest BCUT2D eigenvalue weighted by Crippen LogP contribution is 2.51. The Morgan fingerprint density at radius 1 is 0.442 bits per heavy atom. The molecule has 1 aliphatic rings. The lowest BCUT2D eigenvalue weighted by molar-refractivity contribution is 0.660. The second-order valence-corrected chi connectivity index (χ2v) is 12.0. The van der Waals surface area contributed by atoms with Gasteiger partial charge in [-0.2, -0.15) is 5.26 Å². The molecule has 7 aromatic carbocycles. The highest BCUT2D eigenvalue weighted by Gasteiger charge is 2.35. The minimum absolute atomic E-state index is 0.0782.